The van der Waals surface area contributed by atoms with Crippen LogP contribution < -0.4 is 10.5 Å². The lowest BCUT2D eigenvalue weighted by molar-refractivity contribution is 0.0997. The van der Waals surface area contributed by atoms with Gasteiger partial charge in [-0.2, -0.15) is 4.31 Å². The van der Waals surface area contributed by atoms with Crippen molar-refractivity contribution in [2.45, 2.75) is 17.9 Å². The van der Waals surface area contributed by atoms with E-state index in [-0.39, 0.29) is 22.3 Å². The number of hydrogen-bond donors (Lipinski definition) is 1. The van der Waals surface area contributed by atoms with E-state index in [1.807, 2.05) is 31.2 Å². The van der Waals surface area contributed by atoms with Gasteiger partial charge < -0.3 is 15.0 Å². The van der Waals surface area contributed by atoms with Gasteiger partial charge in [0, 0.05) is 13.1 Å². The Morgan fingerprint density at radius 3 is 2.61 bits per heavy atom. The molecular weight excluding hydrogens is 380 g/mol. The molecule has 0 unspecified atom stereocenters. The number of carbonyl (C=O) groups excluding carboxylic acids is 1. The molecule has 1 aliphatic heterocycles. The average molecular weight is 400 g/mol. The topological polar surface area (TPSA) is 108 Å². The Morgan fingerprint density at radius 1 is 1.21 bits per heavy atom. The van der Waals surface area contributed by atoms with Gasteiger partial charge in [-0.3, -0.25) is 4.79 Å². The van der Waals surface area contributed by atoms with Crippen LogP contribution in [0, 0.1) is 6.92 Å². The molecule has 0 saturated carbocycles. The Balaban J connectivity index is 1.61. The summed E-state index contributed by atoms with van der Waals surface area (Å²) in [6.45, 7) is 2.59. The number of para-hydroxylation sites is 2. The zero-order chi connectivity index (χ0) is 20.1. The third kappa shape index (κ3) is 2.83. The number of methoxy groups -OCH3 is 1. The lowest BCUT2D eigenvalue weighted by atomic mass is 10.1. The van der Waals surface area contributed by atoms with Gasteiger partial charge in [0.15, 0.2) is 0 Å². The summed E-state index contributed by atoms with van der Waals surface area (Å²) < 4.78 is 34.5. The molecular formula is C19H20N4O4S. The predicted octanol–water partition coefficient (Wildman–Crippen LogP) is 1.70. The van der Waals surface area contributed by atoms with Crippen molar-refractivity contribution >= 4 is 27.0 Å². The van der Waals surface area contributed by atoms with Crippen molar-refractivity contribution in [3.05, 3.63) is 53.9 Å². The van der Waals surface area contributed by atoms with Gasteiger partial charge in [-0.15, -0.1) is 0 Å². The van der Waals surface area contributed by atoms with Crippen LogP contribution in [0.25, 0.3) is 11.0 Å². The lowest BCUT2D eigenvalue weighted by Gasteiger charge is -2.39. The molecule has 2 heterocycles. The lowest BCUT2D eigenvalue weighted by Crippen LogP contribution is -2.50. The van der Waals surface area contributed by atoms with Crippen LogP contribution in [-0.4, -0.2) is 48.4 Å². The number of hydrogen-bond acceptors (Lipinski definition) is 5. The first kappa shape index (κ1) is 18.5. The van der Waals surface area contributed by atoms with Crippen molar-refractivity contribution < 1.29 is 17.9 Å². The van der Waals surface area contributed by atoms with Crippen molar-refractivity contribution in [1.82, 2.24) is 13.9 Å². The van der Waals surface area contributed by atoms with Crippen LogP contribution in [0.15, 0.2) is 47.4 Å². The highest BCUT2D eigenvalue weighted by atomic mass is 32.2. The molecule has 9 heteroatoms. The monoisotopic (exact) mass is 400 g/mol. The van der Waals surface area contributed by atoms with Gasteiger partial charge >= 0.3 is 0 Å². The number of rotatable bonds is 5. The van der Waals surface area contributed by atoms with Gasteiger partial charge in [0.05, 0.1) is 34.6 Å². The van der Waals surface area contributed by atoms with E-state index in [9.17, 15) is 13.2 Å². The Labute approximate surface area is 162 Å². The van der Waals surface area contributed by atoms with Crippen LogP contribution in [0.5, 0.6) is 5.75 Å². The highest BCUT2D eigenvalue weighted by Gasteiger charge is 2.39. The summed E-state index contributed by atoms with van der Waals surface area (Å²) in [4.78, 5) is 16.2. The summed E-state index contributed by atoms with van der Waals surface area (Å²) in [6, 6.07) is 11.9. The molecule has 4 rings (SSSR count). The number of ether oxygens (including phenoxy) is 1. The molecule has 1 fully saturated rings. The van der Waals surface area contributed by atoms with E-state index in [1.54, 1.807) is 0 Å². The predicted molar refractivity (Wildman–Crippen MR) is 104 cm³/mol. The maximum atomic E-state index is 13.0. The largest absolute Gasteiger partial charge is 0.496 e. The minimum Gasteiger partial charge on any atom is -0.496 e. The maximum absolute atomic E-state index is 13.0. The van der Waals surface area contributed by atoms with E-state index in [0.717, 1.165) is 16.9 Å². The molecule has 0 spiro atoms. The first-order valence-electron chi connectivity index (χ1n) is 8.74. The number of nitrogens with zero attached hydrogens (tertiary/aromatic N) is 3. The molecule has 0 radical (unpaired) electrons. The minimum absolute atomic E-state index is 0.0102. The molecule has 0 aliphatic carbocycles. The second-order valence-corrected chi connectivity index (χ2v) is 8.66. The normalized spacial score (nSPS) is 15.5. The average Bonchev–Trinajstić information content (AvgIpc) is 2.95. The molecule has 1 amide bonds. The van der Waals surface area contributed by atoms with Gasteiger partial charge in [-0.25, -0.2) is 13.4 Å². The SMILES string of the molecule is COc1ccc(S(=O)(=O)N2CC(n3c(C)nc4ccccc43)C2)cc1C(N)=O. The fourth-order valence-corrected chi connectivity index (χ4v) is 5.13. The zero-order valence-electron chi connectivity index (χ0n) is 15.5. The number of amides is 1. The maximum Gasteiger partial charge on any atom is 0.252 e. The molecule has 28 heavy (non-hydrogen) atoms. The van der Waals surface area contributed by atoms with E-state index in [2.05, 4.69) is 9.55 Å². The van der Waals surface area contributed by atoms with E-state index in [0.29, 0.717) is 13.1 Å². The second-order valence-electron chi connectivity index (χ2n) is 6.72. The standard InChI is InChI=1S/C19H20N4O4S/c1-12-21-16-5-3-4-6-17(16)23(12)13-10-22(11-13)28(25,26)14-7-8-18(27-2)15(9-14)19(20)24/h3-9,13H,10-11H2,1-2H3,(H2,20,24). The number of nitrogens with two attached hydrogens (primary N) is 1. The summed E-state index contributed by atoms with van der Waals surface area (Å²) in [7, 11) is -2.34. The minimum atomic E-state index is -3.74. The first-order valence-corrected chi connectivity index (χ1v) is 10.2. The quantitative estimate of drug-likeness (QED) is 0.701. The van der Waals surface area contributed by atoms with E-state index >= 15 is 0 Å². The van der Waals surface area contributed by atoms with Crippen molar-refractivity contribution in [3.63, 3.8) is 0 Å². The van der Waals surface area contributed by atoms with Crippen molar-refractivity contribution in [2.75, 3.05) is 20.2 Å². The highest BCUT2D eigenvalue weighted by Crippen LogP contribution is 2.33. The molecule has 8 nitrogen and oxygen atoms in total. The van der Waals surface area contributed by atoms with E-state index in [1.165, 1.54) is 29.6 Å². The van der Waals surface area contributed by atoms with Crippen LogP contribution in [-0.2, 0) is 10.0 Å². The number of aryl methyl sites for hydroxylation is 1. The first-order chi connectivity index (χ1) is 13.3. The number of fused-ring (bicyclic) bond motifs is 1. The number of sulfonamides is 1. The summed E-state index contributed by atoms with van der Waals surface area (Å²) in [5.41, 5.74) is 7.26. The summed E-state index contributed by atoms with van der Waals surface area (Å²) in [5.74, 6) is 0.355. The van der Waals surface area contributed by atoms with Gasteiger partial charge in [0.25, 0.3) is 5.91 Å². The smallest absolute Gasteiger partial charge is 0.252 e. The number of benzene rings is 2. The third-order valence-electron chi connectivity index (χ3n) is 5.04. The Hall–Kier alpha value is -2.91. The van der Waals surface area contributed by atoms with Crippen LogP contribution in [0.3, 0.4) is 0 Å². The van der Waals surface area contributed by atoms with Gasteiger partial charge in [0.2, 0.25) is 10.0 Å². The van der Waals surface area contributed by atoms with E-state index in [4.69, 9.17) is 10.5 Å². The fourth-order valence-electron chi connectivity index (χ4n) is 3.59. The summed E-state index contributed by atoms with van der Waals surface area (Å²) >= 11 is 0. The Kier molecular flexibility index (Phi) is 4.35. The van der Waals surface area contributed by atoms with Gasteiger partial charge in [-0.1, -0.05) is 12.1 Å². The number of carbonyl (C=O) groups is 1. The zero-order valence-corrected chi connectivity index (χ0v) is 16.3. The van der Waals surface area contributed by atoms with E-state index < -0.39 is 15.9 Å². The van der Waals surface area contributed by atoms with Crippen LogP contribution in [0.2, 0.25) is 0 Å². The fraction of sp³-hybridized carbons (Fsp3) is 0.263. The molecule has 1 aromatic heterocycles. The molecule has 2 aromatic carbocycles. The molecule has 1 aliphatic rings. The molecule has 0 atom stereocenters. The van der Waals surface area contributed by atoms with Gasteiger partial charge in [0.1, 0.15) is 11.6 Å². The Morgan fingerprint density at radius 2 is 1.93 bits per heavy atom. The number of imidazole rings is 1. The summed E-state index contributed by atoms with van der Waals surface area (Å²) in [5, 5.41) is 0. The molecule has 3 aromatic rings. The molecule has 146 valence electrons. The van der Waals surface area contributed by atoms with Crippen LogP contribution in [0.4, 0.5) is 0 Å². The van der Waals surface area contributed by atoms with Gasteiger partial charge in [-0.05, 0) is 37.3 Å². The van der Waals surface area contributed by atoms with Crippen LogP contribution in [0.1, 0.15) is 22.2 Å². The van der Waals surface area contributed by atoms with Crippen molar-refractivity contribution in [1.29, 1.82) is 0 Å². The number of primary amides is 1. The van der Waals surface area contributed by atoms with Crippen molar-refractivity contribution in [2.24, 2.45) is 5.73 Å². The summed E-state index contributed by atoms with van der Waals surface area (Å²) in [6.07, 6.45) is 0. The molecule has 1 saturated heterocycles. The Bertz CT molecular complexity index is 1180. The number of aromatic nitrogens is 2. The third-order valence-corrected chi connectivity index (χ3v) is 6.87. The second kappa shape index (κ2) is 6.61. The highest BCUT2D eigenvalue weighted by molar-refractivity contribution is 7.89. The van der Waals surface area contributed by atoms with Crippen molar-refractivity contribution in [3.8, 4) is 5.75 Å². The molecule has 0 bridgehead atoms. The van der Waals surface area contributed by atoms with Crippen LogP contribution >= 0.6 is 0 Å². The molecule has 2 N–H and O–H groups in total.